The molecule has 3 heterocycles. The Morgan fingerprint density at radius 1 is 1.15 bits per heavy atom. The number of anilines is 3. The van der Waals surface area contributed by atoms with E-state index < -0.39 is 5.97 Å². The summed E-state index contributed by atoms with van der Waals surface area (Å²) >= 11 is 1.60. The van der Waals surface area contributed by atoms with Crippen LogP contribution in [0.15, 0.2) is 58.8 Å². The van der Waals surface area contributed by atoms with Crippen LogP contribution in [0.5, 0.6) is 0 Å². The van der Waals surface area contributed by atoms with Crippen molar-refractivity contribution in [1.82, 2.24) is 15.0 Å². The number of hydrogen-bond donors (Lipinski definition) is 3. The fourth-order valence-electron chi connectivity index (χ4n) is 2.58. The third-order valence-corrected chi connectivity index (χ3v) is 4.89. The van der Waals surface area contributed by atoms with Gasteiger partial charge in [-0.05, 0) is 29.8 Å². The highest BCUT2D eigenvalue weighted by molar-refractivity contribution is 7.99. The van der Waals surface area contributed by atoms with Gasteiger partial charge in [0.1, 0.15) is 5.03 Å². The summed E-state index contributed by atoms with van der Waals surface area (Å²) in [5, 5.41) is 16.3. The molecule has 3 aromatic rings. The van der Waals surface area contributed by atoms with Gasteiger partial charge in [-0.2, -0.15) is 0 Å². The van der Waals surface area contributed by atoms with Crippen LogP contribution in [0, 0.1) is 0 Å². The Kier molecular flexibility index (Phi) is 4.40. The first-order valence-electron chi connectivity index (χ1n) is 7.97. The molecule has 8 heteroatoms. The number of carboxylic acids is 1. The highest BCUT2D eigenvalue weighted by Gasteiger charge is 2.17. The molecule has 1 aliphatic heterocycles. The molecule has 0 bridgehead atoms. The largest absolute Gasteiger partial charge is 0.481 e. The number of rotatable bonds is 5. The lowest BCUT2D eigenvalue weighted by Gasteiger charge is -2.19. The summed E-state index contributed by atoms with van der Waals surface area (Å²) in [7, 11) is 0. The zero-order valence-corrected chi connectivity index (χ0v) is 14.5. The lowest BCUT2D eigenvalue weighted by atomic mass is 10.2. The summed E-state index contributed by atoms with van der Waals surface area (Å²) in [4.78, 5) is 24.6. The molecule has 0 saturated carbocycles. The van der Waals surface area contributed by atoms with Gasteiger partial charge < -0.3 is 15.7 Å². The Balaban J connectivity index is 1.43. The summed E-state index contributed by atoms with van der Waals surface area (Å²) in [6, 6.07) is 9.77. The minimum Gasteiger partial charge on any atom is -0.481 e. The van der Waals surface area contributed by atoms with Crippen molar-refractivity contribution in [2.24, 2.45) is 0 Å². The van der Waals surface area contributed by atoms with Gasteiger partial charge in [-0.15, -0.1) is 0 Å². The number of pyridine rings is 1. The summed E-state index contributed by atoms with van der Waals surface area (Å²) < 4.78 is 0. The third-order valence-electron chi connectivity index (χ3n) is 3.82. The molecule has 2 aromatic heterocycles. The molecule has 4 rings (SSSR count). The van der Waals surface area contributed by atoms with Crippen molar-refractivity contribution in [1.29, 1.82) is 0 Å². The molecule has 0 unspecified atom stereocenters. The van der Waals surface area contributed by atoms with Crippen LogP contribution in [-0.2, 0) is 17.8 Å². The highest BCUT2D eigenvalue weighted by atomic mass is 32.2. The first kappa shape index (κ1) is 16.3. The van der Waals surface area contributed by atoms with Gasteiger partial charge in [0.25, 0.3) is 0 Å². The number of nitrogens with one attached hydrogen (secondary N) is 2. The molecule has 0 radical (unpaired) electrons. The van der Waals surface area contributed by atoms with Crippen molar-refractivity contribution >= 4 is 34.9 Å². The fourth-order valence-corrected chi connectivity index (χ4v) is 3.46. The van der Waals surface area contributed by atoms with Crippen LogP contribution in [0.25, 0.3) is 0 Å². The second kappa shape index (κ2) is 7.01. The number of aliphatic carboxylic acids is 1. The molecule has 0 fully saturated rings. The van der Waals surface area contributed by atoms with Gasteiger partial charge in [0, 0.05) is 23.8 Å². The standard InChI is InChI=1S/C18H15N5O2S/c24-16(25)8-12-2-3-13(10-22-12)21-9-11-1-4-15-14(7-11)23-17-18(26-15)20-6-5-19-17/h1-7,10,21H,8-9H2,(H,19,23)(H,24,25). The first-order chi connectivity index (χ1) is 12.7. The maximum absolute atomic E-state index is 10.7. The van der Waals surface area contributed by atoms with E-state index in [-0.39, 0.29) is 6.42 Å². The molecule has 1 aliphatic rings. The van der Waals surface area contributed by atoms with E-state index in [9.17, 15) is 4.79 Å². The molecule has 0 spiro atoms. The first-order valence-corrected chi connectivity index (χ1v) is 8.78. The smallest absolute Gasteiger partial charge is 0.309 e. The molecule has 26 heavy (non-hydrogen) atoms. The van der Waals surface area contributed by atoms with E-state index in [0.717, 1.165) is 32.7 Å². The van der Waals surface area contributed by atoms with Crippen LogP contribution in [0.3, 0.4) is 0 Å². The van der Waals surface area contributed by atoms with Gasteiger partial charge in [-0.1, -0.05) is 17.8 Å². The summed E-state index contributed by atoms with van der Waals surface area (Å²) in [5.41, 5.74) is 3.50. The van der Waals surface area contributed by atoms with Gasteiger partial charge in [0.15, 0.2) is 5.82 Å². The van der Waals surface area contributed by atoms with Crippen molar-refractivity contribution in [3.63, 3.8) is 0 Å². The normalized spacial score (nSPS) is 11.8. The zero-order valence-electron chi connectivity index (χ0n) is 13.6. The molecule has 3 N–H and O–H groups in total. The third kappa shape index (κ3) is 3.60. The molecular weight excluding hydrogens is 350 g/mol. The quantitative estimate of drug-likeness (QED) is 0.495. The monoisotopic (exact) mass is 365 g/mol. The Hall–Kier alpha value is -3.13. The Morgan fingerprint density at radius 2 is 2.04 bits per heavy atom. The minimum atomic E-state index is -0.885. The molecule has 0 saturated heterocycles. The van der Waals surface area contributed by atoms with Crippen molar-refractivity contribution < 1.29 is 9.90 Å². The number of carboxylic acid groups (broad SMARTS) is 1. The van der Waals surface area contributed by atoms with Gasteiger partial charge in [0.05, 0.1) is 29.7 Å². The van der Waals surface area contributed by atoms with Crippen LogP contribution in [-0.4, -0.2) is 26.0 Å². The SMILES string of the molecule is O=C(O)Cc1ccc(NCc2ccc3c(c2)Nc2nccnc2S3)cn1. The molecule has 0 amide bonds. The second-order valence-corrected chi connectivity index (χ2v) is 6.76. The zero-order chi connectivity index (χ0) is 17.9. The van der Waals surface area contributed by atoms with Crippen LogP contribution in [0.1, 0.15) is 11.3 Å². The van der Waals surface area contributed by atoms with Gasteiger partial charge in [-0.3, -0.25) is 9.78 Å². The molecule has 0 atom stereocenters. The summed E-state index contributed by atoms with van der Waals surface area (Å²) in [6.45, 7) is 0.632. The van der Waals surface area contributed by atoms with E-state index in [2.05, 4.69) is 43.8 Å². The lowest BCUT2D eigenvalue weighted by molar-refractivity contribution is -0.136. The summed E-state index contributed by atoms with van der Waals surface area (Å²) in [6.07, 6.45) is 4.94. The molecule has 1 aromatic carbocycles. The average molecular weight is 365 g/mol. The maximum Gasteiger partial charge on any atom is 0.309 e. The van der Waals surface area contributed by atoms with Gasteiger partial charge in [0.2, 0.25) is 0 Å². The van der Waals surface area contributed by atoms with Crippen LogP contribution < -0.4 is 10.6 Å². The highest BCUT2D eigenvalue weighted by Crippen LogP contribution is 2.42. The molecule has 130 valence electrons. The van der Waals surface area contributed by atoms with E-state index in [0.29, 0.717) is 12.2 Å². The van der Waals surface area contributed by atoms with Crippen LogP contribution in [0.4, 0.5) is 17.2 Å². The van der Waals surface area contributed by atoms with E-state index >= 15 is 0 Å². The topological polar surface area (TPSA) is 100 Å². The number of hydrogen-bond acceptors (Lipinski definition) is 7. The van der Waals surface area contributed by atoms with E-state index in [1.165, 1.54) is 0 Å². The fraction of sp³-hybridized carbons (Fsp3) is 0.111. The second-order valence-electron chi connectivity index (χ2n) is 5.73. The van der Waals surface area contributed by atoms with Crippen LogP contribution >= 0.6 is 11.8 Å². The molecular formula is C18H15N5O2S. The van der Waals surface area contributed by atoms with Gasteiger partial charge >= 0.3 is 5.97 Å². The Bertz CT molecular complexity index is 962. The number of aromatic nitrogens is 3. The van der Waals surface area contributed by atoms with Gasteiger partial charge in [-0.25, -0.2) is 9.97 Å². The van der Waals surface area contributed by atoms with Crippen molar-refractivity contribution in [2.75, 3.05) is 10.6 Å². The average Bonchev–Trinajstić information content (AvgIpc) is 2.65. The van der Waals surface area contributed by atoms with Crippen molar-refractivity contribution in [3.05, 3.63) is 60.2 Å². The van der Waals surface area contributed by atoms with Crippen molar-refractivity contribution in [3.8, 4) is 0 Å². The predicted molar refractivity (Wildman–Crippen MR) is 98.8 cm³/mol. The minimum absolute atomic E-state index is 0.0706. The maximum atomic E-state index is 10.7. The Morgan fingerprint density at radius 3 is 2.85 bits per heavy atom. The van der Waals surface area contributed by atoms with Crippen molar-refractivity contribution in [2.45, 2.75) is 22.9 Å². The van der Waals surface area contributed by atoms with E-state index in [4.69, 9.17) is 5.11 Å². The number of nitrogens with zero attached hydrogens (tertiary/aromatic N) is 3. The summed E-state index contributed by atoms with van der Waals surface area (Å²) in [5.74, 6) is -0.114. The lowest BCUT2D eigenvalue weighted by Crippen LogP contribution is -2.06. The number of carbonyl (C=O) groups is 1. The van der Waals surface area contributed by atoms with E-state index in [1.54, 1.807) is 36.4 Å². The van der Waals surface area contributed by atoms with E-state index in [1.807, 2.05) is 6.07 Å². The number of fused-ring (bicyclic) bond motifs is 2. The molecule has 0 aliphatic carbocycles. The Labute approximate surface area is 153 Å². The van der Waals surface area contributed by atoms with Crippen LogP contribution in [0.2, 0.25) is 0 Å². The molecule has 7 nitrogen and oxygen atoms in total. The number of benzene rings is 1. The predicted octanol–water partition coefficient (Wildman–Crippen LogP) is 3.32.